The average Bonchev–Trinajstić information content (AvgIpc) is 2.46. The Morgan fingerprint density at radius 1 is 1.64 bits per heavy atom. The van der Waals surface area contributed by atoms with Crippen LogP contribution in [0.25, 0.3) is 11.0 Å². The molecule has 0 aliphatic heterocycles. The smallest absolute Gasteiger partial charge is 0.338 e. The van der Waals surface area contributed by atoms with Crippen LogP contribution >= 0.6 is 11.6 Å². The molecule has 0 aliphatic rings. The second-order valence-corrected chi connectivity index (χ2v) is 3.21. The number of halogens is 1. The third kappa shape index (κ3) is 1.22. The molecule has 14 heavy (non-hydrogen) atoms. The Kier molecular flexibility index (Phi) is 1.89. The van der Waals surface area contributed by atoms with E-state index in [4.69, 9.17) is 16.7 Å². The number of carbonyl (C=O) groups is 1. The highest BCUT2D eigenvalue weighted by molar-refractivity contribution is 6.37. The molecular formula is C8H6ClN3O2. The molecule has 2 rings (SSSR count). The van der Waals surface area contributed by atoms with Crippen LogP contribution in [-0.2, 0) is 7.05 Å². The third-order valence-corrected chi connectivity index (χ3v) is 2.20. The van der Waals surface area contributed by atoms with E-state index in [0.29, 0.717) is 11.0 Å². The standard InChI is InChI=1S/C8H6ClN3O2/c1-12-3-5-7(11-12)6(9)4(2-10-5)8(13)14/h2-3H,1H3,(H,13,14). The fraction of sp³-hybridized carbons (Fsp3) is 0.125. The highest BCUT2D eigenvalue weighted by atomic mass is 35.5. The van der Waals surface area contributed by atoms with Gasteiger partial charge in [-0.1, -0.05) is 11.6 Å². The number of pyridine rings is 1. The number of carboxylic acids is 1. The summed E-state index contributed by atoms with van der Waals surface area (Å²) in [4.78, 5) is 14.6. The van der Waals surface area contributed by atoms with Crippen molar-refractivity contribution >= 4 is 28.6 Å². The van der Waals surface area contributed by atoms with Crippen molar-refractivity contribution in [2.24, 2.45) is 7.05 Å². The van der Waals surface area contributed by atoms with Gasteiger partial charge in [-0.05, 0) is 0 Å². The molecule has 0 atom stereocenters. The van der Waals surface area contributed by atoms with Crippen LogP contribution in [0, 0.1) is 0 Å². The summed E-state index contributed by atoms with van der Waals surface area (Å²) in [5, 5.41) is 12.9. The van der Waals surface area contributed by atoms with E-state index in [1.807, 2.05) is 0 Å². The second-order valence-electron chi connectivity index (χ2n) is 2.83. The first-order valence-electron chi connectivity index (χ1n) is 3.80. The summed E-state index contributed by atoms with van der Waals surface area (Å²) in [6.07, 6.45) is 2.90. The molecule has 0 unspecified atom stereocenters. The zero-order chi connectivity index (χ0) is 10.3. The first kappa shape index (κ1) is 8.96. The molecule has 0 radical (unpaired) electrons. The molecule has 5 nitrogen and oxygen atoms in total. The summed E-state index contributed by atoms with van der Waals surface area (Å²) < 4.78 is 1.54. The van der Waals surface area contributed by atoms with Crippen LogP contribution in [-0.4, -0.2) is 25.8 Å². The summed E-state index contributed by atoms with van der Waals surface area (Å²) in [7, 11) is 1.72. The van der Waals surface area contributed by atoms with Gasteiger partial charge in [-0.2, -0.15) is 5.10 Å². The van der Waals surface area contributed by atoms with Crippen LogP contribution < -0.4 is 0 Å². The third-order valence-electron chi connectivity index (χ3n) is 1.82. The highest BCUT2D eigenvalue weighted by Gasteiger charge is 2.14. The van der Waals surface area contributed by atoms with E-state index in [9.17, 15) is 4.79 Å². The molecule has 0 amide bonds. The molecule has 72 valence electrons. The fourth-order valence-corrected chi connectivity index (χ4v) is 1.46. The largest absolute Gasteiger partial charge is 0.478 e. The Hall–Kier alpha value is -1.62. The van der Waals surface area contributed by atoms with Crippen LogP contribution in [0.15, 0.2) is 12.4 Å². The van der Waals surface area contributed by atoms with Gasteiger partial charge in [0.1, 0.15) is 11.0 Å². The van der Waals surface area contributed by atoms with E-state index in [1.54, 1.807) is 13.2 Å². The maximum Gasteiger partial charge on any atom is 0.338 e. The zero-order valence-corrected chi connectivity index (χ0v) is 7.99. The highest BCUT2D eigenvalue weighted by Crippen LogP contribution is 2.23. The Balaban J connectivity index is 2.80. The van der Waals surface area contributed by atoms with Gasteiger partial charge in [0, 0.05) is 13.2 Å². The molecular weight excluding hydrogens is 206 g/mol. The summed E-state index contributed by atoms with van der Waals surface area (Å²) in [5.41, 5.74) is 0.967. The van der Waals surface area contributed by atoms with E-state index in [0.717, 1.165) is 0 Å². The van der Waals surface area contributed by atoms with Crippen molar-refractivity contribution in [1.82, 2.24) is 14.8 Å². The van der Waals surface area contributed by atoms with Crippen molar-refractivity contribution in [3.8, 4) is 0 Å². The van der Waals surface area contributed by atoms with Gasteiger partial charge < -0.3 is 5.11 Å². The minimum Gasteiger partial charge on any atom is -0.478 e. The predicted molar refractivity (Wildman–Crippen MR) is 50.5 cm³/mol. The van der Waals surface area contributed by atoms with Crippen molar-refractivity contribution in [2.75, 3.05) is 0 Å². The Morgan fingerprint density at radius 3 is 3.00 bits per heavy atom. The lowest BCUT2D eigenvalue weighted by Crippen LogP contribution is -1.98. The number of fused-ring (bicyclic) bond motifs is 1. The second kappa shape index (κ2) is 2.95. The number of rotatable bonds is 1. The van der Waals surface area contributed by atoms with Gasteiger partial charge in [0.15, 0.2) is 0 Å². The van der Waals surface area contributed by atoms with Gasteiger partial charge in [-0.25, -0.2) is 4.79 Å². The first-order chi connectivity index (χ1) is 6.59. The number of aromatic nitrogens is 3. The SMILES string of the molecule is Cn1cc2ncc(C(=O)O)c(Cl)c2n1. The average molecular weight is 212 g/mol. The summed E-state index contributed by atoms with van der Waals surface area (Å²) in [5.74, 6) is -1.10. The first-order valence-corrected chi connectivity index (χ1v) is 4.18. The summed E-state index contributed by atoms with van der Waals surface area (Å²) >= 11 is 5.85. The Bertz CT molecular complexity index is 521. The quantitative estimate of drug-likeness (QED) is 0.773. The minimum atomic E-state index is -1.10. The topological polar surface area (TPSA) is 68.0 Å². The van der Waals surface area contributed by atoms with Crippen molar-refractivity contribution in [2.45, 2.75) is 0 Å². The molecule has 2 aromatic heterocycles. The number of hydrogen-bond acceptors (Lipinski definition) is 3. The van der Waals surface area contributed by atoms with Crippen LogP contribution in [0.4, 0.5) is 0 Å². The number of aromatic carboxylic acids is 1. The lowest BCUT2D eigenvalue weighted by atomic mass is 10.2. The number of hydrogen-bond donors (Lipinski definition) is 1. The van der Waals surface area contributed by atoms with Crippen LogP contribution in [0.3, 0.4) is 0 Å². The fourth-order valence-electron chi connectivity index (χ4n) is 1.19. The molecule has 6 heteroatoms. The van der Waals surface area contributed by atoms with Crippen molar-refractivity contribution < 1.29 is 9.90 Å². The van der Waals surface area contributed by atoms with Crippen molar-refractivity contribution in [3.05, 3.63) is 23.0 Å². The Labute approximate surface area is 83.9 Å². The lowest BCUT2D eigenvalue weighted by molar-refractivity contribution is 0.0697. The van der Waals surface area contributed by atoms with E-state index in [1.165, 1.54) is 10.9 Å². The van der Waals surface area contributed by atoms with Gasteiger partial charge in [-0.3, -0.25) is 9.67 Å². The summed E-state index contributed by atoms with van der Waals surface area (Å²) in [6.45, 7) is 0. The number of carboxylic acid groups (broad SMARTS) is 1. The molecule has 1 N–H and O–H groups in total. The van der Waals surface area contributed by atoms with E-state index < -0.39 is 5.97 Å². The molecule has 0 fully saturated rings. The van der Waals surface area contributed by atoms with Gasteiger partial charge in [0.2, 0.25) is 0 Å². The van der Waals surface area contributed by atoms with E-state index >= 15 is 0 Å². The number of nitrogens with zero attached hydrogens (tertiary/aromatic N) is 3. The summed E-state index contributed by atoms with van der Waals surface area (Å²) in [6, 6.07) is 0. The maximum absolute atomic E-state index is 10.7. The van der Waals surface area contributed by atoms with Gasteiger partial charge >= 0.3 is 5.97 Å². The van der Waals surface area contributed by atoms with Gasteiger partial charge in [0.25, 0.3) is 0 Å². The number of aryl methyl sites for hydroxylation is 1. The monoisotopic (exact) mass is 211 g/mol. The van der Waals surface area contributed by atoms with Crippen molar-refractivity contribution in [3.63, 3.8) is 0 Å². The van der Waals surface area contributed by atoms with E-state index in [2.05, 4.69) is 10.1 Å². The zero-order valence-electron chi connectivity index (χ0n) is 7.23. The van der Waals surface area contributed by atoms with Gasteiger partial charge in [0.05, 0.1) is 16.8 Å². The molecule has 0 saturated carbocycles. The molecule has 0 spiro atoms. The van der Waals surface area contributed by atoms with Crippen molar-refractivity contribution in [1.29, 1.82) is 0 Å². The van der Waals surface area contributed by atoms with Gasteiger partial charge in [-0.15, -0.1) is 0 Å². The molecule has 2 aromatic rings. The lowest BCUT2D eigenvalue weighted by Gasteiger charge is -1.96. The normalized spacial score (nSPS) is 10.7. The molecule has 0 saturated heterocycles. The minimum absolute atomic E-state index is 0.0298. The molecule has 0 bridgehead atoms. The molecule has 0 aromatic carbocycles. The van der Waals surface area contributed by atoms with E-state index in [-0.39, 0.29) is 10.6 Å². The van der Waals surface area contributed by atoms with Crippen LogP contribution in [0.2, 0.25) is 5.02 Å². The maximum atomic E-state index is 10.7. The van der Waals surface area contributed by atoms with Crippen LogP contribution in [0.1, 0.15) is 10.4 Å². The predicted octanol–water partition coefficient (Wildman–Crippen LogP) is 1.32. The van der Waals surface area contributed by atoms with Crippen LogP contribution in [0.5, 0.6) is 0 Å². The Morgan fingerprint density at radius 2 is 2.36 bits per heavy atom. The molecule has 0 aliphatic carbocycles. The molecule has 2 heterocycles.